The zero-order valence-electron chi connectivity index (χ0n) is 2.11. The summed E-state index contributed by atoms with van der Waals surface area (Å²) in [6, 6.07) is 0. The molecule has 0 aromatic carbocycles. The molecule has 0 rings (SSSR count). The molecule has 0 unspecified atom stereocenters. The Morgan fingerprint density at radius 1 is 1.00 bits per heavy atom. The minimum absolute atomic E-state index is 0. The van der Waals surface area contributed by atoms with Crippen LogP contribution in [-0.4, -0.2) is 0 Å². The maximum atomic E-state index is 3.25. The van der Waals surface area contributed by atoms with Crippen molar-refractivity contribution in [3.05, 3.63) is 0 Å². The van der Waals surface area contributed by atoms with Gasteiger partial charge in [-0.25, -0.2) is 0 Å². The van der Waals surface area contributed by atoms with E-state index in [9.17, 15) is 0 Å². The van der Waals surface area contributed by atoms with Crippen LogP contribution >= 0.6 is 0 Å². The van der Waals surface area contributed by atoms with Gasteiger partial charge in [0, 0.05) is 0 Å². The molecule has 0 aliphatic heterocycles. The Hall–Kier alpha value is 1.10. The van der Waals surface area contributed by atoms with E-state index in [4.69, 9.17) is 0 Å². The minimum Gasteiger partial charge on any atom is -1.00 e. The van der Waals surface area contributed by atoms with Crippen LogP contribution in [0.5, 0.6) is 0 Å². The van der Waals surface area contributed by atoms with Gasteiger partial charge < -0.3 is 24.8 Å². The van der Waals surface area contributed by atoms with Gasteiger partial charge in [-0.05, 0) is 0 Å². The average molecular weight is 142 g/mol. The van der Waals surface area contributed by atoms with Gasteiger partial charge in [0.1, 0.15) is 0 Å². The Morgan fingerprint density at radius 2 is 1.00 bits per heavy atom. The fourth-order valence-corrected chi connectivity index (χ4v) is 0. The van der Waals surface area contributed by atoms with Crippen LogP contribution in [0.4, 0.5) is 0 Å². The minimum atomic E-state index is 0. The molecule has 0 aromatic rings. The monoisotopic (exact) mass is 141 g/mol. The van der Waals surface area contributed by atoms with Crippen molar-refractivity contribution >= 4 is 0 Å². The Balaban J connectivity index is -0.00000000500. The van der Waals surface area contributed by atoms with E-state index in [1.165, 1.54) is 0 Å². The SMILES string of the molecule is [CH3][Fe+2].[Cl-].[Cl-]. The molecular weight excluding hydrogens is 139 g/mol. The van der Waals surface area contributed by atoms with Crippen molar-refractivity contribution in [3.63, 3.8) is 0 Å². The van der Waals surface area contributed by atoms with Crippen molar-refractivity contribution in [2.24, 2.45) is 0 Å². The van der Waals surface area contributed by atoms with Crippen molar-refractivity contribution in [2.75, 3.05) is 0 Å². The molecule has 0 N–H and O–H groups in total. The molecule has 0 aliphatic carbocycles. The van der Waals surface area contributed by atoms with E-state index in [1.54, 1.807) is 5.82 Å². The van der Waals surface area contributed by atoms with Crippen LogP contribution in [0.25, 0.3) is 0 Å². The first-order chi connectivity index (χ1) is 1.00. The summed E-state index contributed by atoms with van der Waals surface area (Å²) in [5.41, 5.74) is 0. The Bertz CT molecular complexity index is 6.00. The van der Waals surface area contributed by atoms with Gasteiger partial charge in [-0.1, -0.05) is 0 Å². The summed E-state index contributed by atoms with van der Waals surface area (Å²) in [4.78, 5) is 0. The topological polar surface area (TPSA) is 0 Å². The van der Waals surface area contributed by atoms with Gasteiger partial charge in [0.25, 0.3) is 0 Å². The molecule has 0 spiro atoms. The summed E-state index contributed by atoms with van der Waals surface area (Å²) < 4.78 is 0. The second-order valence-corrected chi connectivity index (χ2v) is 0. The van der Waals surface area contributed by atoms with E-state index in [2.05, 4.69) is 16.0 Å². The fourth-order valence-electron chi connectivity index (χ4n) is 0. The van der Waals surface area contributed by atoms with Crippen LogP contribution in [0.1, 0.15) is 0 Å². The molecule has 0 aromatic heterocycles. The fraction of sp³-hybridized carbons (Fsp3) is 1.00. The summed E-state index contributed by atoms with van der Waals surface area (Å²) in [6.07, 6.45) is 0. The molecule has 0 saturated carbocycles. The second kappa shape index (κ2) is 32.6. The first kappa shape index (κ1) is 19.4. The Morgan fingerprint density at radius 3 is 1.00 bits per heavy atom. The van der Waals surface area contributed by atoms with Crippen LogP contribution in [0, 0.1) is 0 Å². The molecule has 0 fully saturated rings. The van der Waals surface area contributed by atoms with Gasteiger partial charge in [-0.15, -0.1) is 0 Å². The normalized spacial score (nSPS) is 1.25. The quantitative estimate of drug-likeness (QED) is 0.296. The molecule has 0 bridgehead atoms. The summed E-state index contributed by atoms with van der Waals surface area (Å²) in [5, 5.41) is 0. The molecule has 0 atom stereocenters. The van der Waals surface area contributed by atoms with Crippen molar-refractivity contribution < 1.29 is 40.8 Å². The Kier molecular flexibility index (Phi) is 158. The molecule has 0 amide bonds. The van der Waals surface area contributed by atoms with Crippen LogP contribution in [0.2, 0.25) is 5.82 Å². The van der Waals surface area contributed by atoms with Gasteiger partial charge >= 0.3 is 21.8 Å². The van der Waals surface area contributed by atoms with E-state index in [-0.39, 0.29) is 24.8 Å². The van der Waals surface area contributed by atoms with Crippen molar-refractivity contribution in [1.29, 1.82) is 0 Å². The van der Waals surface area contributed by atoms with Crippen molar-refractivity contribution in [3.8, 4) is 0 Å². The molecule has 4 heavy (non-hydrogen) atoms. The molecule has 0 radical (unpaired) electrons. The van der Waals surface area contributed by atoms with E-state index >= 15 is 0 Å². The van der Waals surface area contributed by atoms with E-state index in [0.717, 1.165) is 0 Å². The molecule has 3 heteroatoms. The molecule has 0 heterocycles. The smallest absolute Gasteiger partial charge is 1.00 e. The van der Waals surface area contributed by atoms with E-state index in [0.29, 0.717) is 0 Å². The summed E-state index contributed by atoms with van der Waals surface area (Å²) in [6.45, 7) is 0. The van der Waals surface area contributed by atoms with E-state index in [1.807, 2.05) is 0 Å². The second-order valence-electron chi connectivity index (χ2n) is 0. The zero-order valence-corrected chi connectivity index (χ0v) is 4.73. The number of hydrogen-bond acceptors (Lipinski definition) is 0. The van der Waals surface area contributed by atoms with Crippen molar-refractivity contribution in [2.45, 2.75) is 5.82 Å². The summed E-state index contributed by atoms with van der Waals surface area (Å²) in [7, 11) is 0. The third-order valence-corrected chi connectivity index (χ3v) is 0. The van der Waals surface area contributed by atoms with Crippen LogP contribution in [-0.2, 0) is 16.0 Å². The average Bonchev–Trinajstić information content (AvgIpc) is 1.00. The van der Waals surface area contributed by atoms with Crippen LogP contribution in [0.3, 0.4) is 0 Å². The predicted molar refractivity (Wildman–Crippen MR) is 5.86 cm³/mol. The molecule has 0 saturated heterocycles. The largest absolute Gasteiger partial charge is 1.00 e. The summed E-state index contributed by atoms with van der Waals surface area (Å²) >= 11 is 3.25. The first-order valence-electron chi connectivity index (χ1n) is 0.354. The first-order valence-corrected chi connectivity index (χ1v) is 1.46. The number of hydrogen-bond donors (Lipinski definition) is 0. The molecule has 0 aliphatic rings. The number of halogens is 2. The van der Waals surface area contributed by atoms with Gasteiger partial charge in [0.2, 0.25) is 0 Å². The third-order valence-electron chi connectivity index (χ3n) is 0. The van der Waals surface area contributed by atoms with Crippen LogP contribution < -0.4 is 24.8 Å². The standard InChI is InChI=1S/CH3.2ClH.Fe/h1H3;2*1H;/q;;;+2/p-2. The maximum absolute atomic E-state index is 3.25. The van der Waals surface area contributed by atoms with Crippen molar-refractivity contribution in [1.82, 2.24) is 0 Å². The molecule has 29 valence electrons. The van der Waals surface area contributed by atoms with Crippen LogP contribution in [0.15, 0.2) is 0 Å². The van der Waals surface area contributed by atoms with Gasteiger partial charge in [-0.2, -0.15) is 0 Å². The van der Waals surface area contributed by atoms with Gasteiger partial charge in [0.05, 0.1) is 0 Å². The van der Waals surface area contributed by atoms with E-state index < -0.39 is 0 Å². The predicted octanol–water partition coefficient (Wildman–Crippen LogP) is -5.41. The molecular formula is CH3Cl2Fe. The Labute approximate surface area is 47.0 Å². The maximum Gasteiger partial charge on any atom is -1.00 e. The molecule has 0 nitrogen and oxygen atoms in total. The number of rotatable bonds is 0. The zero-order chi connectivity index (χ0) is 2.00. The third kappa shape index (κ3) is 11.3. The van der Waals surface area contributed by atoms with Gasteiger partial charge in [0.15, 0.2) is 0 Å². The summed E-state index contributed by atoms with van der Waals surface area (Å²) in [5.74, 6) is 1.75. The van der Waals surface area contributed by atoms with Gasteiger partial charge in [-0.3, -0.25) is 0 Å².